The van der Waals surface area contributed by atoms with Crippen LogP contribution < -0.4 is 10.1 Å². The summed E-state index contributed by atoms with van der Waals surface area (Å²) < 4.78 is 5.35. The van der Waals surface area contributed by atoms with Crippen LogP contribution in [0, 0.1) is 13.8 Å². The lowest BCUT2D eigenvalue weighted by Gasteiger charge is -2.35. The average Bonchev–Trinajstić information content (AvgIpc) is 3.18. The zero-order chi connectivity index (χ0) is 19.4. The van der Waals surface area contributed by atoms with E-state index in [1.54, 1.807) is 7.11 Å². The van der Waals surface area contributed by atoms with Crippen LogP contribution in [-0.2, 0) is 11.2 Å². The van der Waals surface area contributed by atoms with Gasteiger partial charge in [-0.3, -0.25) is 4.79 Å². The molecule has 0 spiro atoms. The van der Waals surface area contributed by atoms with Crippen molar-refractivity contribution in [2.45, 2.75) is 52.0 Å². The van der Waals surface area contributed by atoms with Crippen LogP contribution in [0.5, 0.6) is 5.75 Å². The maximum atomic E-state index is 12.7. The number of hydrogen-bond acceptors (Lipinski definition) is 3. The minimum atomic E-state index is 0.0237. The maximum absolute atomic E-state index is 12.7. The van der Waals surface area contributed by atoms with Crippen molar-refractivity contribution in [1.29, 1.82) is 0 Å². The second-order valence-corrected chi connectivity index (χ2v) is 7.65. The predicted octanol–water partition coefficient (Wildman–Crippen LogP) is 2.65. The van der Waals surface area contributed by atoms with E-state index >= 15 is 0 Å². The van der Waals surface area contributed by atoms with E-state index in [1.807, 2.05) is 35.8 Å². The maximum Gasteiger partial charge on any atom is 0.317 e. The molecule has 1 heterocycles. The molecule has 0 bridgehead atoms. The Kier molecular flexibility index (Phi) is 6.24. The molecule has 0 unspecified atom stereocenters. The quantitative estimate of drug-likeness (QED) is 0.883. The molecule has 2 fully saturated rings. The molecule has 0 radical (unpaired) electrons. The Labute approximate surface area is 161 Å². The normalized spacial score (nSPS) is 17.9. The van der Waals surface area contributed by atoms with Crippen molar-refractivity contribution < 1.29 is 14.3 Å². The molecule has 1 N–H and O–H groups in total. The smallest absolute Gasteiger partial charge is 0.317 e. The number of ether oxygens (including phenoxy) is 1. The Bertz CT molecular complexity index is 690. The molecule has 27 heavy (non-hydrogen) atoms. The Morgan fingerprint density at radius 1 is 1.04 bits per heavy atom. The van der Waals surface area contributed by atoms with Gasteiger partial charge in [-0.25, -0.2) is 4.79 Å². The number of piperazine rings is 1. The minimum absolute atomic E-state index is 0.0237. The number of amides is 3. The van der Waals surface area contributed by atoms with Crippen LogP contribution in [0.1, 0.15) is 42.4 Å². The summed E-state index contributed by atoms with van der Waals surface area (Å²) in [5.74, 6) is 0.976. The van der Waals surface area contributed by atoms with Gasteiger partial charge in [0.1, 0.15) is 5.75 Å². The summed E-state index contributed by atoms with van der Waals surface area (Å²) >= 11 is 0. The van der Waals surface area contributed by atoms with E-state index in [0.29, 0.717) is 38.6 Å². The Morgan fingerprint density at radius 3 is 2.30 bits per heavy atom. The zero-order valence-corrected chi connectivity index (χ0v) is 16.7. The highest BCUT2D eigenvalue weighted by Crippen LogP contribution is 2.24. The highest BCUT2D eigenvalue weighted by molar-refractivity contribution is 5.80. The summed E-state index contributed by atoms with van der Waals surface area (Å²) in [6, 6.07) is 4.26. The lowest BCUT2D eigenvalue weighted by molar-refractivity contribution is -0.131. The zero-order valence-electron chi connectivity index (χ0n) is 16.7. The topological polar surface area (TPSA) is 61.9 Å². The lowest BCUT2D eigenvalue weighted by Crippen LogP contribution is -2.54. The van der Waals surface area contributed by atoms with Crippen LogP contribution in [0.3, 0.4) is 0 Å². The largest absolute Gasteiger partial charge is 0.496 e. The first-order chi connectivity index (χ1) is 13.0. The molecule has 2 aliphatic rings. The van der Waals surface area contributed by atoms with Gasteiger partial charge in [0.05, 0.1) is 13.5 Å². The van der Waals surface area contributed by atoms with Gasteiger partial charge >= 0.3 is 6.03 Å². The van der Waals surface area contributed by atoms with E-state index < -0.39 is 0 Å². The number of rotatable bonds is 4. The molecular weight excluding hydrogens is 342 g/mol. The van der Waals surface area contributed by atoms with Gasteiger partial charge in [-0.05, 0) is 49.4 Å². The molecule has 6 nitrogen and oxygen atoms in total. The van der Waals surface area contributed by atoms with Crippen molar-refractivity contribution in [3.8, 4) is 5.75 Å². The molecular formula is C21H31N3O3. The fourth-order valence-electron chi connectivity index (χ4n) is 4.03. The van der Waals surface area contributed by atoms with Crippen LogP contribution in [0.4, 0.5) is 4.79 Å². The van der Waals surface area contributed by atoms with E-state index in [0.717, 1.165) is 35.3 Å². The number of carbonyl (C=O) groups is 2. The molecule has 6 heteroatoms. The van der Waals surface area contributed by atoms with Gasteiger partial charge in [-0.15, -0.1) is 0 Å². The Balaban J connectivity index is 1.51. The number of benzene rings is 1. The third-order valence-electron chi connectivity index (χ3n) is 6.01. The SMILES string of the molecule is COc1ccc(CC(=O)N2CCN(C(=O)NC3CCCC3)CC2)c(C)c1C. The molecule has 148 valence electrons. The minimum Gasteiger partial charge on any atom is -0.496 e. The second kappa shape index (κ2) is 8.63. The molecule has 1 saturated carbocycles. The molecule has 1 aromatic carbocycles. The van der Waals surface area contributed by atoms with Crippen molar-refractivity contribution >= 4 is 11.9 Å². The first kappa shape index (κ1) is 19.5. The number of methoxy groups -OCH3 is 1. The first-order valence-corrected chi connectivity index (χ1v) is 9.96. The third-order valence-corrected chi connectivity index (χ3v) is 6.01. The Morgan fingerprint density at radius 2 is 1.67 bits per heavy atom. The van der Waals surface area contributed by atoms with Gasteiger partial charge in [-0.2, -0.15) is 0 Å². The number of nitrogens with one attached hydrogen (secondary N) is 1. The van der Waals surface area contributed by atoms with E-state index in [4.69, 9.17) is 4.74 Å². The van der Waals surface area contributed by atoms with E-state index in [2.05, 4.69) is 5.32 Å². The van der Waals surface area contributed by atoms with Crippen LogP contribution in [0.15, 0.2) is 12.1 Å². The fourth-order valence-corrected chi connectivity index (χ4v) is 4.03. The van der Waals surface area contributed by atoms with Crippen molar-refractivity contribution in [1.82, 2.24) is 15.1 Å². The van der Waals surface area contributed by atoms with Gasteiger partial charge in [0.2, 0.25) is 5.91 Å². The fraction of sp³-hybridized carbons (Fsp3) is 0.619. The standard InChI is InChI=1S/C21H31N3O3/c1-15-16(2)19(27-3)9-8-17(15)14-20(25)23-10-12-24(13-11-23)21(26)22-18-6-4-5-7-18/h8-9,18H,4-7,10-14H2,1-3H3,(H,22,26). The van der Waals surface area contributed by atoms with Gasteiger partial charge in [0.25, 0.3) is 0 Å². The van der Waals surface area contributed by atoms with E-state index in [-0.39, 0.29) is 11.9 Å². The van der Waals surface area contributed by atoms with Crippen LogP contribution in [-0.4, -0.2) is 61.1 Å². The Hall–Kier alpha value is -2.24. The van der Waals surface area contributed by atoms with Gasteiger partial charge < -0.3 is 19.9 Å². The van der Waals surface area contributed by atoms with Gasteiger partial charge in [0.15, 0.2) is 0 Å². The van der Waals surface area contributed by atoms with Crippen molar-refractivity contribution in [2.24, 2.45) is 0 Å². The van der Waals surface area contributed by atoms with Crippen molar-refractivity contribution in [3.05, 3.63) is 28.8 Å². The summed E-state index contributed by atoms with van der Waals surface area (Å²) in [5.41, 5.74) is 3.23. The van der Waals surface area contributed by atoms with Crippen molar-refractivity contribution in [3.63, 3.8) is 0 Å². The number of hydrogen-bond donors (Lipinski definition) is 1. The summed E-state index contributed by atoms with van der Waals surface area (Å²) in [7, 11) is 1.66. The molecule has 0 aromatic heterocycles. The van der Waals surface area contributed by atoms with Gasteiger partial charge in [-0.1, -0.05) is 18.9 Å². The predicted molar refractivity (Wildman–Crippen MR) is 105 cm³/mol. The highest BCUT2D eigenvalue weighted by Gasteiger charge is 2.26. The number of carbonyl (C=O) groups excluding carboxylic acids is 2. The lowest BCUT2D eigenvalue weighted by atomic mass is 9.99. The highest BCUT2D eigenvalue weighted by atomic mass is 16.5. The summed E-state index contributed by atoms with van der Waals surface area (Å²) in [6.07, 6.45) is 4.98. The molecule has 1 aliphatic carbocycles. The van der Waals surface area contributed by atoms with E-state index in [1.165, 1.54) is 12.8 Å². The number of nitrogens with zero attached hydrogens (tertiary/aromatic N) is 2. The van der Waals surface area contributed by atoms with Crippen molar-refractivity contribution in [2.75, 3.05) is 33.3 Å². The second-order valence-electron chi connectivity index (χ2n) is 7.65. The molecule has 3 rings (SSSR count). The summed E-state index contributed by atoms with van der Waals surface area (Å²) in [5, 5.41) is 3.13. The van der Waals surface area contributed by atoms with Gasteiger partial charge in [0, 0.05) is 32.2 Å². The number of urea groups is 1. The molecule has 3 amide bonds. The van der Waals surface area contributed by atoms with Crippen LogP contribution in [0.2, 0.25) is 0 Å². The molecule has 0 atom stereocenters. The summed E-state index contributed by atoms with van der Waals surface area (Å²) in [4.78, 5) is 28.8. The van der Waals surface area contributed by atoms with E-state index in [9.17, 15) is 9.59 Å². The third kappa shape index (κ3) is 4.54. The molecule has 1 aromatic rings. The molecule has 1 saturated heterocycles. The average molecular weight is 373 g/mol. The monoisotopic (exact) mass is 373 g/mol. The summed E-state index contributed by atoms with van der Waals surface area (Å²) in [6.45, 7) is 6.46. The van der Waals surface area contributed by atoms with Crippen LogP contribution >= 0.6 is 0 Å². The first-order valence-electron chi connectivity index (χ1n) is 9.96. The molecule has 1 aliphatic heterocycles. The van der Waals surface area contributed by atoms with Crippen LogP contribution in [0.25, 0.3) is 0 Å².